The van der Waals surface area contributed by atoms with Gasteiger partial charge in [0.25, 0.3) is 0 Å². The monoisotopic (exact) mass is 424 g/mol. The van der Waals surface area contributed by atoms with E-state index in [1.165, 1.54) is 16.4 Å². The molecule has 9 heteroatoms. The zero-order chi connectivity index (χ0) is 19.5. The lowest BCUT2D eigenvalue weighted by Crippen LogP contribution is -2.46. The Hall–Kier alpha value is -0.890. The van der Waals surface area contributed by atoms with Gasteiger partial charge in [-0.25, -0.2) is 17.1 Å². The highest BCUT2D eigenvalue weighted by Crippen LogP contribution is 2.29. The summed E-state index contributed by atoms with van der Waals surface area (Å²) in [7, 11) is -3.33. The van der Waals surface area contributed by atoms with Crippen molar-refractivity contribution in [3.8, 4) is 0 Å². The summed E-state index contributed by atoms with van der Waals surface area (Å²) in [5.41, 5.74) is 0.424. The highest BCUT2D eigenvalue weighted by molar-refractivity contribution is 7.89. The minimum atomic E-state index is -3.33. The fourth-order valence-corrected chi connectivity index (χ4v) is 5.21. The molecule has 1 aliphatic heterocycles. The van der Waals surface area contributed by atoms with E-state index in [9.17, 15) is 17.6 Å². The van der Waals surface area contributed by atoms with Gasteiger partial charge in [0.05, 0.1) is 22.7 Å². The van der Waals surface area contributed by atoms with Crippen LogP contribution in [0.3, 0.4) is 0 Å². The third kappa shape index (κ3) is 5.09. The predicted molar refractivity (Wildman–Crippen MR) is 101 cm³/mol. The number of nitrogens with zero attached hydrogens (tertiary/aromatic N) is 1. The first kappa shape index (κ1) is 21.4. The third-order valence-electron chi connectivity index (χ3n) is 4.48. The molecule has 0 radical (unpaired) electrons. The topological polar surface area (TPSA) is 66.5 Å². The van der Waals surface area contributed by atoms with E-state index in [4.69, 9.17) is 23.2 Å². The molecule has 0 saturated carbocycles. The van der Waals surface area contributed by atoms with Gasteiger partial charge in [-0.05, 0) is 43.9 Å². The van der Waals surface area contributed by atoms with E-state index in [2.05, 4.69) is 5.32 Å². The van der Waals surface area contributed by atoms with Crippen molar-refractivity contribution >= 4 is 39.1 Å². The van der Waals surface area contributed by atoms with Crippen molar-refractivity contribution in [1.29, 1.82) is 0 Å². The maximum absolute atomic E-state index is 13.7. The standard InChI is InChI=1S/C17H23Cl2FN2O3S/c1-3-7-26(24,25)22-6-4-5-12(10-22)17(23)21-11(2)13-8-16(20)15(19)9-14(13)18/h8-9,11-12H,3-7,10H2,1-2H3,(H,21,23). The van der Waals surface area contributed by atoms with Gasteiger partial charge in [-0.2, -0.15) is 0 Å². The average Bonchev–Trinajstić information content (AvgIpc) is 2.58. The zero-order valence-electron chi connectivity index (χ0n) is 14.8. The molecule has 0 aliphatic carbocycles. The molecule has 5 nitrogen and oxygen atoms in total. The smallest absolute Gasteiger partial charge is 0.224 e. The molecular weight excluding hydrogens is 402 g/mol. The van der Waals surface area contributed by atoms with E-state index in [1.807, 2.05) is 6.92 Å². The maximum atomic E-state index is 13.7. The fourth-order valence-electron chi connectivity index (χ4n) is 3.07. The second-order valence-corrected chi connectivity index (χ2v) is 9.43. The van der Waals surface area contributed by atoms with Crippen LogP contribution >= 0.6 is 23.2 Å². The van der Waals surface area contributed by atoms with Crippen LogP contribution in [-0.4, -0.2) is 37.5 Å². The van der Waals surface area contributed by atoms with Crippen molar-refractivity contribution in [3.05, 3.63) is 33.6 Å². The second kappa shape index (κ2) is 8.87. The first-order chi connectivity index (χ1) is 12.2. The summed E-state index contributed by atoms with van der Waals surface area (Å²) in [6.07, 6.45) is 1.78. The van der Waals surface area contributed by atoms with Crippen LogP contribution in [0.15, 0.2) is 12.1 Å². The number of sulfonamides is 1. The van der Waals surface area contributed by atoms with Gasteiger partial charge in [0.15, 0.2) is 0 Å². The predicted octanol–water partition coefficient (Wildman–Crippen LogP) is 3.76. The third-order valence-corrected chi connectivity index (χ3v) is 7.13. The molecule has 1 fully saturated rings. The molecule has 146 valence electrons. The Bertz CT molecular complexity index is 774. The quantitative estimate of drug-likeness (QED) is 0.706. The van der Waals surface area contributed by atoms with Crippen molar-refractivity contribution < 1.29 is 17.6 Å². The van der Waals surface area contributed by atoms with E-state index >= 15 is 0 Å². The average molecular weight is 425 g/mol. The van der Waals surface area contributed by atoms with Crippen LogP contribution in [0.1, 0.15) is 44.7 Å². The van der Waals surface area contributed by atoms with Crippen LogP contribution in [0.5, 0.6) is 0 Å². The van der Waals surface area contributed by atoms with Gasteiger partial charge in [-0.15, -0.1) is 0 Å². The molecule has 0 bridgehead atoms. The van der Waals surface area contributed by atoms with Gasteiger partial charge in [-0.3, -0.25) is 4.79 Å². The van der Waals surface area contributed by atoms with Crippen molar-refractivity contribution in [2.24, 2.45) is 5.92 Å². The normalized spacial score (nSPS) is 20.0. The summed E-state index contributed by atoms with van der Waals surface area (Å²) in [6, 6.07) is 1.98. The number of benzene rings is 1. The number of rotatable bonds is 6. The van der Waals surface area contributed by atoms with Gasteiger partial charge in [-0.1, -0.05) is 30.1 Å². The number of hydrogen-bond donors (Lipinski definition) is 1. The number of nitrogens with one attached hydrogen (secondary N) is 1. The van der Waals surface area contributed by atoms with Crippen molar-refractivity contribution in [1.82, 2.24) is 9.62 Å². The highest BCUT2D eigenvalue weighted by atomic mass is 35.5. The van der Waals surface area contributed by atoms with Crippen LogP contribution in [0.4, 0.5) is 4.39 Å². The molecule has 2 atom stereocenters. The second-order valence-electron chi connectivity index (χ2n) is 6.53. The lowest BCUT2D eigenvalue weighted by Gasteiger charge is -2.32. The Balaban J connectivity index is 2.06. The molecule has 0 aromatic heterocycles. The molecule has 2 unspecified atom stereocenters. The Kier molecular flexibility index (Phi) is 7.30. The Morgan fingerprint density at radius 3 is 2.73 bits per heavy atom. The van der Waals surface area contributed by atoms with Crippen molar-refractivity contribution in [2.75, 3.05) is 18.8 Å². The highest BCUT2D eigenvalue weighted by Gasteiger charge is 2.32. The molecule has 1 aromatic carbocycles. The Morgan fingerprint density at radius 1 is 1.38 bits per heavy atom. The number of amides is 1. The first-order valence-corrected chi connectivity index (χ1v) is 10.9. The lowest BCUT2D eigenvalue weighted by molar-refractivity contribution is -0.126. The molecule has 2 rings (SSSR count). The Labute approximate surface area is 163 Å². The molecule has 1 N–H and O–H groups in total. The molecule has 1 saturated heterocycles. The van der Waals surface area contributed by atoms with Crippen molar-refractivity contribution in [2.45, 2.75) is 39.2 Å². The van der Waals surface area contributed by atoms with E-state index in [1.54, 1.807) is 6.92 Å². The van der Waals surface area contributed by atoms with Gasteiger partial charge in [0, 0.05) is 18.1 Å². The number of halogens is 3. The van der Waals surface area contributed by atoms with E-state index in [0.29, 0.717) is 31.4 Å². The molecule has 1 amide bonds. The first-order valence-electron chi connectivity index (χ1n) is 8.58. The number of carbonyl (C=O) groups excluding carboxylic acids is 1. The summed E-state index contributed by atoms with van der Waals surface area (Å²) < 4.78 is 39.6. The number of piperidine rings is 1. The van der Waals surface area contributed by atoms with Gasteiger partial charge >= 0.3 is 0 Å². The molecule has 0 spiro atoms. The van der Waals surface area contributed by atoms with Crippen LogP contribution in [0.25, 0.3) is 0 Å². The van der Waals surface area contributed by atoms with E-state index in [0.717, 1.165) is 0 Å². The van der Waals surface area contributed by atoms with Crippen LogP contribution < -0.4 is 5.32 Å². The molecular formula is C17H23Cl2FN2O3S. The van der Waals surface area contributed by atoms with E-state index in [-0.39, 0.29) is 28.3 Å². The van der Waals surface area contributed by atoms with Gasteiger partial charge in [0.2, 0.25) is 15.9 Å². The van der Waals surface area contributed by atoms with E-state index < -0.39 is 27.8 Å². The summed E-state index contributed by atoms with van der Waals surface area (Å²) in [6.45, 7) is 4.11. The number of hydrogen-bond acceptors (Lipinski definition) is 3. The molecule has 26 heavy (non-hydrogen) atoms. The summed E-state index contributed by atoms with van der Waals surface area (Å²) in [5, 5.41) is 2.98. The maximum Gasteiger partial charge on any atom is 0.224 e. The van der Waals surface area contributed by atoms with Crippen LogP contribution in [-0.2, 0) is 14.8 Å². The Morgan fingerprint density at radius 2 is 2.08 bits per heavy atom. The van der Waals surface area contributed by atoms with Gasteiger partial charge in [0.1, 0.15) is 5.82 Å². The summed E-state index contributed by atoms with van der Waals surface area (Å²) in [5.74, 6) is -1.23. The molecule has 1 aromatic rings. The van der Waals surface area contributed by atoms with Crippen molar-refractivity contribution in [3.63, 3.8) is 0 Å². The zero-order valence-corrected chi connectivity index (χ0v) is 17.1. The minimum absolute atomic E-state index is 0.0808. The van der Waals surface area contributed by atoms with Gasteiger partial charge < -0.3 is 5.32 Å². The largest absolute Gasteiger partial charge is 0.349 e. The SMILES string of the molecule is CCCS(=O)(=O)N1CCCC(C(=O)NC(C)c2cc(F)c(Cl)cc2Cl)C1. The van der Waals surface area contributed by atoms with Crippen LogP contribution in [0.2, 0.25) is 10.0 Å². The van der Waals surface area contributed by atoms with Crippen LogP contribution in [0, 0.1) is 11.7 Å². The summed E-state index contributed by atoms with van der Waals surface area (Å²) in [4.78, 5) is 12.6. The summed E-state index contributed by atoms with van der Waals surface area (Å²) >= 11 is 11.8. The lowest BCUT2D eigenvalue weighted by atomic mass is 9.98. The fraction of sp³-hybridized carbons (Fsp3) is 0.588. The minimum Gasteiger partial charge on any atom is -0.349 e. The molecule has 1 aliphatic rings. The molecule has 1 heterocycles. The number of carbonyl (C=O) groups is 1.